The van der Waals surface area contributed by atoms with Crippen molar-refractivity contribution in [1.29, 1.82) is 0 Å². The molecule has 0 atom stereocenters. The molecule has 0 bridgehead atoms. The number of benzene rings is 2. The first-order chi connectivity index (χ1) is 9.29. The van der Waals surface area contributed by atoms with Crippen molar-refractivity contribution in [2.45, 2.75) is 20.1 Å². The van der Waals surface area contributed by atoms with Gasteiger partial charge in [-0.25, -0.2) is 0 Å². The highest BCUT2D eigenvalue weighted by molar-refractivity contribution is 5.47. The number of nitrogen functional groups attached to an aromatic ring is 1. The zero-order valence-corrected chi connectivity index (χ0v) is 11.1. The number of hydrogen-bond donors (Lipinski definition) is 1. The zero-order valence-electron chi connectivity index (χ0n) is 11.1. The fraction of sp³-hybridized carbons (Fsp3) is 0.250. The Morgan fingerprint density at radius 2 is 1.79 bits per heavy atom. The molecule has 0 aliphatic carbocycles. The number of rotatable bonds is 6. The molecule has 100 valence electrons. The van der Waals surface area contributed by atoms with Crippen LogP contribution in [-0.2, 0) is 18.0 Å². The second-order valence-corrected chi connectivity index (χ2v) is 4.28. The van der Waals surface area contributed by atoms with Gasteiger partial charge in [-0.15, -0.1) is 0 Å². The van der Waals surface area contributed by atoms with Crippen LogP contribution in [0.3, 0.4) is 0 Å². The highest BCUT2D eigenvalue weighted by atomic mass is 16.5. The molecule has 3 nitrogen and oxygen atoms in total. The molecule has 2 aromatic rings. The molecule has 0 aliphatic heterocycles. The predicted molar refractivity (Wildman–Crippen MR) is 77.0 cm³/mol. The summed E-state index contributed by atoms with van der Waals surface area (Å²) in [5, 5.41) is 0. The van der Waals surface area contributed by atoms with Crippen molar-refractivity contribution in [3.05, 3.63) is 59.7 Å². The van der Waals surface area contributed by atoms with Gasteiger partial charge in [-0.2, -0.15) is 0 Å². The fourth-order valence-corrected chi connectivity index (χ4v) is 1.86. The molecule has 0 heterocycles. The standard InChI is InChI=1S/C16H19NO2/c1-2-19-16-9-8-15(17)10-14(16)12-18-11-13-6-4-3-5-7-13/h3-10H,2,11-12,17H2,1H3. The first-order valence-electron chi connectivity index (χ1n) is 6.42. The molecule has 0 unspecified atom stereocenters. The summed E-state index contributed by atoms with van der Waals surface area (Å²) in [6, 6.07) is 15.7. The van der Waals surface area contributed by atoms with Gasteiger partial charge in [-0.3, -0.25) is 0 Å². The molecule has 0 radical (unpaired) electrons. The van der Waals surface area contributed by atoms with E-state index in [1.54, 1.807) is 0 Å². The van der Waals surface area contributed by atoms with Gasteiger partial charge < -0.3 is 15.2 Å². The van der Waals surface area contributed by atoms with Crippen LogP contribution in [0.2, 0.25) is 0 Å². The van der Waals surface area contributed by atoms with Crippen LogP contribution in [0.15, 0.2) is 48.5 Å². The quantitative estimate of drug-likeness (QED) is 0.807. The molecular formula is C16H19NO2. The van der Waals surface area contributed by atoms with Crippen LogP contribution >= 0.6 is 0 Å². The molecular weight excluding hydrogens is 238 g/mol. The van der Waals surface area contributed by atoms with E-state index in [2.05, 4.69) is 0 Å². The summed E-state index contributed by atoms with van der Waals surface area (Å²) in [6.07, 6.45) is 0. The second-order valence-electron chi connectivity index (χ2n) is 4.28. The van der Waals surface area contributed by atoms with E-state index in [0.717, 1.165) is 22.6 Å². The van der Waals surface area contributed by atoms with Crippen LogP contribution < -0.4 is 10.5 Å². The third kappa shape index (κ3) is 4.00. The van der Waals surface area contributed by atoms with E-state index in [0.29, 0.717) is 19.8 Å². The van der Waals surface area contributed by atoms with Crippen LogP contribution in [-0.4, -0.2) is 6.61 Å². The number of ether oxygens (including phenoxy) is 2. The van der Waals surface area contributed by atoms with E-state index < -0.39 is 0 Å². The van der Waals surface area contributed by atoms with Crippen molar-refractivity contribution < 1.29 is 9.47 Å². The smallest absolute Gasteiger partial charge is 0.124 e. The zero-order chi connectivity index (χ0) is 13.5. The third-order valence-electron chi connectivity index (χ3n) is 2.75. The molecule has 2 rings (SSSR count). The van der Waals surface area contributed by atoms with E-state index in [4.69, 9.17) is 15.2 Å². The summed E-state index contributed by atoms with van der Waals surface area (Å²) in [5.41, 5.74) is 8.66. The van der Waals surface area contributed by atoms with Crippen molar-refractivity contribution in [2.24, 2.45) is 0 Å². The molecule has 3 heteroatoms. The molecule has 0 aromatic heterocycles. The lowest BCUT2D eigenvalue weighted by molar-refractivity contribution is 0.105. The Labute approximate surface area is 114 Å². The molecule has 2 aromatic carbocycles. The Balaban J connectivity index is 1.96. The Bertz CT molecular complexity index is 511. The molecule has 0 amide bonds. The van der Waals surface area contributed by atoms with Gasteiger partial charge in [0, 0.05) is 11.3 Å². The van der Waals surface area contributed by atoms with Crippen molar-refractivity contribution in [3.8, 4) is 5.75 Å². The molecule has 19 heavy (non-hydrogen) atoms. The van der Waals surface area contributed by atoms with Gasteiger partial charge in [-0.05, 0) is 30.7 Å². The minimum atomic E-state index is 0.495. The number of nitrogens with two attached hydrogens (primary N) is 1. The second kappa shape index (κ2) is 6.81. The topological polar surface area (TPSA) is 44.5 Å². The van der Waals surface area contributed by atoms with Gasteiger partial charge >= 0.3 is 0 Å². The summed E-state index contributed by atoms with van der Waals surface area (Å²) < 4.78 is 11.3. The molecule has 0 saturated carbocycles. The monoisotopic (exact) mass is 257 g/mol. The van der Waals surface area contributed by atoms with Crippen molar-refractivity contribution >= 4 is 5.69 Å². The summed E-state index contributed by atoms with van der Waals surface area (Å²) in [7, 11) is 0. The Hall–Kier alpha value is -2.00. The van der Waals surface area contributed by atoms with E-state index in [1.807, 2.05) is 55.5 Å². The van der Waals surface area contributed by atoms with Crippen LogP contribution in [0.4, 0.5) is 5.69 Å². The first kappa shape index (κ1) is 13.4. The maximum Gasteiger partial charge on any atom is 0.124 e. The van der Waals surface area contributed by atoms with Gasteiger partial charge in [-0.1, -0.05) is 30.3 Å². The minimum Gasteiger partial charge on any atom is -0.494 e. The Morgan fingerprint density at radius 1 is 1.00 bits per heavy atom. The third-order valence-corrected chi connectivity index (χ3v) is 2.75. The lowest BCUT2D eigenvalue weighted by atomic mass is 10.2. The molecule has 0 saturated heterocycles. The predicted octanol–water partition coefficient (Wildman–Crippen LogP) is 3.38. The summed E-state index contributed by atoms with van der Waals surface area (Å²) in [6.45, 7) is 3.68. The maximum atomic E-state index is 5.80. The number of hydrogen-bond acceptors (Lipinski definition) is 3. The van der Waals surface area contributed by atoms with Gasteiger partial charge in [0.2, 0.25) is 0 Å². The summed E-state index contributed by atoms with van der Waals surface area (Å²) >= 11 is 0. The van der Waals surface area contributed by atoms with Crippen molar-refractivity contribution in [3.63, 3.8) is 0 Å². The minimum absolute atomic E-state index is 0.495. The Morgan fingerprint density at radius 3 is 2.53 bits per heavy atom. The largest absolute Gasteiger partial charge is 0.494 e. The Kier molecular flexibility index (Phi) is 4.81. The normalized spacial score (nSPS) is 10.4. The van der Waals surface area contributed by atoms with Crippen molar-refractivity contribution in [2.75, 3.05) is 12.3 Å². The molecule has 0 aliphatic rings. The lowest BCUT2D eigenvalue weighted by Crippen LogP contribution is -2.01. The van der Waals surface area contributed by atoms with Crippen LogP contribution in [0.1, 0.15) is 18.1 Å². The molecule has 2 N–H and O–H groups in total. The maximum absolute atomic E-state index is 5.80. The van der Waals surface area contributed by atoms with Gasteiger partial charge in [0.15, 0.2) is 0 Å². The molecule has 0 spiro atoms. The number of anilines is 1. The van der Waals surface area contributed by atoms with E-state index in [-0.39, 0.29) is 0 Å². The van der Waals surface area contributed by atoms with E-state index >= 15 is 0 Å². The van der Waals surface area contributed by atoms with E-state index in [1.165, 1.54) is 0 Å². The SMILES string of the molecule is CCOc1ccc(N)cc1COCc1ccccc1. The first-order valence-corrected chi connectivity index (χ1v) is 6.42. The highest BCUT2D eigenvalue weighted by Crippen LogP contribution is 2.22. The molecule has 0 fully saturated rings. The lowest BCUT2D eigenvalue weighted by Gasteiger charge is -2.11. The average molecular weight is 257 g/mol. The van der Waals surface area contributed by atoms with Crippen molar-refractivity contribution in [1.82, 2.24) is 0 Å². The average Bonchev–Trinajstić information content (AvgIpc) is 2.43. The summed E-state index contributed by atoms with van der Waals surface area (Å²) in [5.74, 6) is 0.838. The van der Waals surface area contributed by atoms with Gasteiger partial charge in [0.1, 0.15) is 5.75 Å². The van der Waals surface area contributed by atoms with Gasteiger partial charge in [0.05, 0.1) is 19.8 Å². The summed E-state index contributed by atoms with van der Waals surface area (Å²) in [4.78, 5) is 0. The fourth-order valence-electron chi connectivity index (χ4n) is 1.86. The van der Waals surface area contributed by atoms with Crippen LogP contribution in [0, 0.1) is 0 Å². The van der Waals surface area contributed by atoms with Crippen LogP contribution in [0.5, 0.6) is 5.75 Å². The van der Waals surface area contributed by atoms with Gasteiger partial charge in [0.25, 0.3) is 0 Å². The van der Waals surface area contributed by atoms with Crippen LogP contribution in [0.25, 0.3) is 0 Å². The highest BCUT2D eigenvalue weighted by Gasteiger charge is 2.04. The van der Waals surface area contributed by atoms with E-state index in [9.17, 15) is 0 Å².